The van der Waals surface area contributed by atoms with Crippen LogP contribution in [-0.4, -0.2) is 31.1 Å². The molecule has 0 spiro atoms. The van der Waals surface area contributed by atoms with Crippen molar-refractivity contribution >= 4 is 17.3 Å². The summed E-state index contributed by atoms with van der Waals surface area (Å²) < 4.78 is 2.25. The van der Waals surface area contributed by atoms with Crippen molar-refractivity contribution in [2.45, 2.75) is 39.8 Å². The largest absolute Gasteiger partial charge is 0.352 e. The highest BCUT2D eigenvalue weighted by Gasteiger charge is 2.40. The van der Waals surface area contributed by atoms with Gasteiger partial charge in [-0.2, -0.15) is 0 Å². The summed E-state index contributed by atoms with van der Waals surface area (Å²) in [6.45, 7) is 9.39. The van der Waals surface area contributed by atoms with Crippen LogP contribution in [0.15, 0.2) is 48.8 Å². The Morgan fingerprint density at radius 2 is 1.86 bits per heavy atom. The molecule has 0 aromatic carbocycles. The van der Waals surface area contributed by atoms with Gasteiger partial charge in [-0.05, 0) is 75.3 Å². The highest BCUT2D eigenvalue weighted by atomic mass is 32.1. The topological polar surface area (TPSA) is 46.0 Å². The molecule has 1 aliphatic heterocycles. The molecule has 5 nitrogen and oxygen atoms in total. The van der Waals surface area contributed by atoms with Crippen LogP contribution >= 0.6 is 12.2 Å². The second-order valence-electron chi connectivity index (χ2n) is 7.22. The van der Waals surface area contributed by atoms with Crippen LogP contribution in [0.2, 0.25) is 0 Å². The van der Waals surface area contributed by atoms with E-state index in [1.54, 1.807) is 0 Å². The van der Waals surface area contributed by atoms with E-state index in [0.29, 0.717) is 0 Å². The van der Waals surface area contributed by atoms with Crippen molar-refractivity contribution < 1.29 is 0 Å². The molecule has 3 aromatic heterocycles. The summed E-state index contributed by atoms with van der Waals surface area (Å²) in [5.74, 6) is 0.981. The fourth-order valence-electron chi connectivity index (χ4n) is 4.21. The summed E-state index contributed by atoms with van der Waals surface area (Å²) in [7, 11) is 0. The average molecular weight is 392 g/mol. The highest BCUT2D eigenvalue weighted by molar-refractivity contribution is 7.80. The van der Waals surface area contributed by atoms with Gasteiger partial charge in [0.05, 0.1) is 17.8 Å². The zero-order valence-corrected chi connectivity index (χ0v) is 17.5. The fraction of sp³-hybridized carbons (Fsp3) is 0.318. The molecule has 2 atom stereocenters. The molecule has 6 heteroatoms. The second kappa shape index (κ2) is 7.36. The quantitative estimate of drug-likeness (QED) is 0.676. The molecule has 0 radical (unpaired) electrons. The van der Waals surface area contributed by atoms with Crippen molar-refractivity contribution in [3.63, 3.8) is 0 Å². The predicted octanol–water partition coefficient (Wildman–Crippen LogP) is 4.18. The molecule has 1 N–H and O–H groups in total. The van der Waals surface area contributed by atoms with Crippen LogP contribution in [0.4, 0.5) is 0 Å². The first-order chi connectivity index (χ1) is 13.5. The van der Waals surface area contributed by atoms with Crippen LogP contribution < -0.4 is 5.32 Å². The van der Waals surface area contributed by atoms with E-state index in [4.69, 9.17) is 12.2 Å². The van der Waals surface area contributed by atoms with Gasteiger partial charge in [0.2, 0.25) is 0 Å². The number of hydrogen-bond donors (Lipinski definition) is 1. The molecular formula is C22H25N5S. The lowest BCUT2D eigenvalue weighted by molar-refractivity contribution is 0.329. The summed E-state index contributed by atoms with van der Waals surface area (Å²) >= 11 is 5.66. The standard InChI is InChI=1S/C22H25N5S/c1-5-26-20(19(25-22(26)28)18-10-6-7-11-23-18)17-13-15(3)27(16(17)4)21-14(2)9-8-12-24-21/h6-13,19-20H,5H2,1-4H3,(H,25,28)/t19-,20-/m1/s1. The average Bonchev–Trinajstić information content (AvgIpc) is 3.18. The van der Waals surface area contributed by atoms with E-state index in [2.05, 4.69) is 70.6 Å². The van der Waals surface area contributed by atoms with Crippen molar-refractivity contribution in [1.29, 1.82) is 0 Å². The number of aromatic nitrogens is 3. The van der Waals surface area contributed by atoms with Crippen molar-refractivity contribution in [2.24, 2.45) is 0 Å². The Balaban J connectivity index is 1.85. The smallest absolute Gasteiger partial charge is 0.170 e. The molecule has 3 aromatic rings. The molecule has 0 amide bonds. The molecule has 0 bridgehead atoms. The summed E-state index contributed by atoms with van der Waals surface area (Å²) in [6.07, 6.45) is 3.69. The molecule has 0 aliphatic carbocycles. The Morgan fingerprint density at radius 1 is 1.07 bits per heavy atom. The van der Waals surface area contributed by atoms with Gasteiger partial charge in [0.25, 0.3) is 0 Å². The molecule has 28 heavy (non-hydrogen) atoms. The van der Waals surface area contributed by atoms with Crippen LogP contribution in [0.5, 0.6) is 0 Å². The number of nitrogens with zero attached hydrogens (tertiary/aromatic N) is 4. The number of hydrogen-bond acceptors (Lipinski definition) is 3. The predicted molar refractivity (Wildman–Crippen MR) is 116 cm³/mol. The first kappa shape index (κ1) is 18.6. The van der Waals surface area contributed by atoms with Crippen molar-refractivity contribution in [3.8, 4) is 5.82 Å². The number of nitrogens with one attached hydrogen (secondary N) is 1. The first-order valence-electron chi connectivity index (χ1n) is 9.61. The van der Waals surface area contributed by atoms with Crippen molar-refractivity contribution in [1.82, 2.24) is 24.8 Å². The zero-order valence-electron chi connectivity index (χ0n) is 16.7. The number of rotatable bonds is 4. The summed E-state index contributed by atoms with van der Waals surface area (Å²) in [5.41, 5.74) is 5.78. The third kappa shape index (κ3) is 2.98. The van der Waals surface area contributed by atoms with Gasteiger partial charge in [-0.1, -0.05) is 12.1 Å². The van der Waals surface area contributed by atoms with Gasteiger partial charge in [-0.15, -0.1) is 0 Å². The molecule has 0 unspecified atom stereocenters. The Morgan fingerprint density at radius 3 is 2.54 bits per heavy atom. The van der Waals surface area contributed by atoms with Crippen LogP contribution in [-0.2, 0) is 0 Å². The minimum Gasteiger partial charge on any atom is -0.352 e. The van der Waals surface area contributed by atoms with Gasteiger partial charge in [-0.3, -0.25) is 4.98 Å². The zero-order chi connectivity index (χ0) is 19.8. The Hall–Kier alpha value is -2.73. The van der Waals surface area contributed by atoms with E-state index in [-0.39, 0.29) is 12.1 Å². The first-order valence-corrected chi connectivity index (χ1v) is 10.0. The molecule has 4 heterocycles. The third-order valence-corrected chi connectivity index (χ3v) is 5.87. The monoisotopic (exact) mass is 391 g/mol. The Labute approximate surface area is 171 Å². The molecule has 1 saturated heterocycles. The maximum Gasteiger partial charge on any atom is 0.170 e. The second-order valence-corrected chi connectivity index (χ2v) is 7.61. The van der Waals surface area contributed by atoms with Gasteiger partial charge in [0.1, 0.15) is 5.82 Å². The number of pyridine rings is 2. The molecule has 0 saturated carbocycles. The normalized spacial score (nSPS) is 19.1. The van der Waals surface area contributed by atoms with E-state index in [9.17, 15) is 0 Å². The fourth-order valence-corrected chi connectivity index (χ4v) is 4.58. The number of thiocarbonyl (C=S) groups is 1. The third-order valence-electron chi connectivity index (χ3n) is 5.52. The van der Waals surface area contributed by atoms with E-state index < -0.39 is 0 Å². The SMILES string of the molecule is CCN1C(=S)N[C@H](c2ccccn2)[C@H]1c1cc(C)n(-c2ncccc2C)c1C. The number of aryl methyl sites for hydroxylation is 2. The van der Waals surface area contributed by atoms with Gasteiger partial charge in [-0.25, -0.2) is 4.98 Å². The molecule has 144 valence electrons. The van der Waals surface area contributed by atoms with Crippen molar-refractivity contribution in [2.75, 3.05) is 6.54 Å². The van der Waals surface area contributed by atoms with Gasteiger partial charge in [0, 0.05) is 30.3 Å². The summed E-state index contributed by atoms with van der Waals surface area (Å²) in [4.78, 5) is 11.5. The van der Waals surface area contributed by atoms with E-state index in [1.807, 2.05) is 30.6 Å². The summed E-state index contributed by atoms with van der Waals surface area (Å²) in [6, 6.07) is 12.5. The lowest BCUT2D eigenvalue weighted by atomic mass is 9.97. The van der Waals surface area contributed by atoms with Crippen molar-refractivity contribution in [3.05, 3.63) is 77.0 Å². The highest BCUT2D eigenvalue weighted by Crippen LogP contribution is 2.41. The lowest BCUT2D eigenvalue weighted by Crippen LogP contribution is -2.29. The maximum atomic E-state index is 5.66. The Kier molecular flexibility index (Phi) is 4.89. The minimum absolute atomic E-state index is 0.0208. The molecule has 1 aliphatic rings. The van der Waals surface area contributed by atoms with Crippen LogP contribution in [0.1, 0.15) is 47.2 Å². The Bertz CT molecular complexity index is 1010. The number of likely N-dealkylation sites (N-methyl/N-ethyl adjacent to an activating group) is 1. The summed E-state index contributed by atoms with van der Waals surface area (Å²) in [5, 5.41) is 4.28. The van der Waals surface area contributed by atoms with E-state index in [1.165, 1.54) is 17.0 Å². The molecular weight excluding hydrogens is 366 g/mol. The molecule has 4 rings (SSSR count). The van der Waals surface area contributed by atoms with Gasteiger partial charge in [0.15, 0.2) is 5.11 Å². The lowest BCUT2D eigenvalue weighted by Gasteiger charge is -2.27. The van der Waals surface area contributed by atoms with E-state index in [0.717, 1.165) is 28.7 Å². The van der Waals surface area contributed by atoms with Crippen LogP contribution in [0.3, 0.4) is 0 Å². The molecule has 1 fully saturated rings. The maximum absolute atomic E-state index is 5.66. The van der Waals surface area contributed by atoms with Gasteiger partial charge >= 0.3 is 0 Å². The van der Waals surface area contributed by atoms with Gasteiger partial charge < -0.3 is 14.8 Å². The minimum atomic E-state index is 0.0208. The van der Waals surface area contributed by atoms with Crippen LogP contribution in [0.25, 0.3) is 5.82 Å². The van der Waals surface area contributed by atoms with Crippen LogP contribution in [0, 0.1) is 20.8 Å². The van der Waals surface area contributed by atoms with E-state index >= 15 is 0 Å².